The summed E-state index contributed by atoms with van der Waals surface area (Å²) in [6, 6.07) is 17.8. The Morgan fingerprint density at radius 1 is 0.906 bits per heavy atom. The van der Waals surface area contributed by atoms with Crippen molar-refractivity contribution in [3.8, 4) is 5.75 Å². The van der Waals surface area contributed by atoms with E-state index in [0.717, 1.165) is 27.2 Å². The SMILES string of the molecule is O=S1(=O)C=C(c2ccc(O)cc2)c2cc3nccc(Nc4ccc5scnc5c4)c3cc21. The van der Waals surface area contributed by atoms with Gasteiger partial charge in [0, 0.05) is 39.5 Å². The summed E-state index contributed by atoms with van der Waals surface area (Å²) in [6.45, 7) is 0. The summed E-state index contributed by atoms with van der Waals surface area (Å²) in [5.41, 5.74) is 6.95. The van der Waals surface area contributed by atoms with Crippen molar-refractivity contribution < 1.29 is 13.5 Å². The van der Waals surface area contributed by atoms with Gasteiger partial charge in [-0.15, -0.1) is 11.3 Å². The Kier molecular flexibility index (Phi) is 4.08. The van der Waals surface area contributed by atoms with E-state index in [2.05, 4.69) is 15.3 Å². The highest BCUT2D eigenvalue weighted by Crippen LogP contribution is 2.41. The van der Waals surface area contributed by atoms with Crippen LogP contribution in [0.5, 0.6) is 5.75 Å². The summed E-state index contributed by atoms with van der Waals surface area (Å²) in [7, 11) is -3.60. The Morgan fingerprint density at radius 3 is 2.59 bits per heavy atom. The Hall–Kier alpha value is -3.75. The fraction of sp³-hybridized carbons (Fsp3) is 0. The van der Waals surface area contributed by atoms with E-state index in [-0.39, 0.29) is 10.6 Å². The van der Waals surface area contributed by atoms with Gasteiger partial charge in [-0.1, -0.05) is 12.1 Å². The first kappa shape index (κ1) is 19.0. The predicted molar refractivity (Wildman–Crippen MR) is 127 cm³/mol. The highest BCUT2D eigenvalue weighted by atomic mass is 32.2. The highest BCUT2D eigenvalue weighted by Gasteiger charge is 2.29. The summed E-state index contributed by atoms with van der Waals surface area (Å²) < 4.78 is 27.0. The number of hydrogen-bond donors (Lipinski definition) is 2. The van der Waals surface area contributed by atoms with Gasteiger partial charge in [-0.3, -0.25) is 4.98 Å². The molecule has 0 bridgehead atoms. The van der Waals surface area contributed by atoms with Gasteiger partial charge in [0.1, 0.15) is 5.75 Å². The number of anilines is 2. The molecule has 0 fully saturated rings. The van der Waals surface area contributed by atoms with Gasteiger partial charge in [0.15, 0.2) is 0 Å². The molecule has 1 aliphatic heterocycles. The molecule has 2 N–H and O–H groups in total. The van der Waals surface area contributed by atoms with E-state index in [1.807, 2.05) is 35.8 Å². The summed E-state index contributed by atoms with van der Waals surface area (Å²) in [4.78, 5) is 9.09. The molecule has 0 radical (unpaired) electrons. The summed E-state index contributed by atoms with van der Waals surface area (Å²) >= 11 is 1.58. The number of fused-ring (bicyclic) bond motifs is 3. The molecule has 6 rings (SSSR count). The maximum Gasteiger partial charge on any atom is 0.201 e. The summed E-state index contributed by atoms with van der Waals surface area (Å²) in [5.74, 6) is 0.127. The zero-order valence-corrected chi connectivity index (χ0v) is 18.1. The molecule has 0 saturated carbocycles. The molecule has 0 atom stereocenters. The van der Waals surface area contributed by atoms with E-state index >= 15 is 0 Å². The van der Waals surface area contributed by atoms with E-state index in [9.17, 15) is 13.5 Å². The molecule has 156 valence electrons. The number of hydrogen-bond acceptors (Lipinski definition) is 7. The quantitative estimate of drug-likeness (QED) is 0.373. The van der Waals surface area contributed by atoms with Crippen molar-refractivity contribution in [3.63, 3.8) is 0 Å². The number of aromatic hydroxyl groups is 1. The van der Waals surface area contributed by atoms with Crippen LogP contribution in [0.25, 0.3) is 26.7 Å². The number of nitrogens with zero attached hydrogens (tertiary/aromatic N) is 2. The molecule has 0 spiro atoms. The largest absolute Gasteiger partial charge is 0.508 e. The fourth-order valence-electron chi connectivity index (χ4n) is 3.97. The number of phenols is 1. The number of sulfone groups is 1. The lowest BCUT2D eigenvalue weighted by Crippen LogP contribution is -1.97. The molecule has 0 unspecified atom stereocenters. The van der Waals surface area contributed by atoms with Gasteiger partial charge in [-0.05, 0) is 54.1 Å². The van der Waals surface area contributed by atoms with Crippen molar-refractivity contribution in [2.75, 3.05) is 5.32 Å². The average Bonchev–Trinajstić information content (AvgIpc) is 3.35. The van der Waals surface area contributed by atoms with Gasteiger partial charge in [0.05, 0.1) is 26.1 Å². The molecule has 3 aromatic carbocycles. The molecule has 0 amide bonds. The Labute approximate surface area is 187 Å². The minimum atomic E-state index is -3.60. The Balaban J connectivity index is 1.48. The second-order valence-electron chi connectivity index (χ2n) is 7.51. The van der Waals surface area contributed by atoms with Crippen molar-refractivity contribution in [2.24, 2.45) is 0 Å². The maximum absolute atomic E-state index is 13.0. The zero-order valence-electron chi connectivity index (χ0n) is 16.5. The number of nitrogens with one attached hydrogen (secondary N) is 1. The van der Waals surface area contributed by atoms with E-state index < -0.39 is 9.84 Å². The van der Waals surface area contributed by atoms with Gasteiger partial charge in [0.2, 0.25) is 9.84 Å². The van der Waals surface area contributed by atoms with Crippen molar-refractivity contribution in [1.82, 2.24) is 9.97 Å². The second-order valence-corrected chi connectivity index (χ2v) is 10.2. The highest BCUT2D eigenvalue weighted by molar-refractivity contribution is 7.95. The van der Waals surface area contributed by atoms with E-state index in [0.29, 0.717) is 22.0 Å². The molecule has 6 nitrogen and oxygen atoms in total. The topological polar surface area (TPSA) is 92.2 Å². The molecule has 0 aliphatic carbocycles. The smallest absolute Gasteiger partial charge is 0.201 e. The third-order valence-electron chi connectivity index (χ3n) is 5.50. The van der Waals surface area contributed by atoms with Crippen molar-refractivity contribution in [1.29, 1.82) is 0 Å². The first-order valence-electron chi connectivity index (χ1n) is 9.77. The molecule has 0 saturated heterocycles. The first-order valence-corrected chi connectivity index (χ1v) is 12.2. The number of phenolic OH excluding ortho intramolecular Hbond substituents is 1. The van der Waals surface area contributed by atoms with Crippen LogP contribution in [0, 0.1) is 0 Å². The Bertz CT molecular complexity index is 1670. The average molecular weight is 458 g/mol. The minimum Gasteiger partial charge on any atom is -0.508 e. The van der Waals surface area contributed by atoms with Crippen LogP contribution in [0.2, 0.25) is 0 Å². The lowest BCUT2D eigenvalue weighted by molar-refractivity contribution is 0.475. The number of thiazole rings is 1. The molecule has 3 heterocycles. The molecule has 2 aromatic heterocycles. The number of aromatic nitrogens is 2. The van der Waals surface area contributed by atoms with E-state index in [1.54, 1.807) is 47.9 Å². The van der Waals surface area contributed by atoms with Crippen LogP contribution in [-0.4, -0.2) is 23.5 Å². The van der Waals surface area contributed by atoms with E-state index in [4.69, 9.17) is 0 Å². The van der Waals surface area contributed by atoms with Gasteiger partial charge >= 0.3 is 0 Å². The van der Waals surface area contributed by atoms with Crippen molar-refractivity contribution >= 4 is 59.2 Å². The van der Waals surface area contributed by atoms with Crippen LogP contribution in [-0.2, 0) is 9.84 Å². The molecular weight excluding hydrogens is 442 g/mol. The number of pyridine rings is 1. The molecule has 32 heavy (non-hydrogen) atoms. The zero-order chi connectivity index (χ0) is 21.9. The van der Waals surface area contributed by atoms with Gasteiger partial charge < -0.3 is 10.4 Å². The van der Waals surface area contributed by atoms with Crippen molar-refractivity contribution in [2.45, 2.75) is 4.90 Å². The van der Waals surface area contributed by atoms with Crippen LogP contribution in [0.1, 0.15) is 11.1 Å². The number of rotatable bonds is 3. The molecule has 5 aromatic rings. The van der Waals surface area contributed by atoms with Gasteiger partial charge in [-0.25, -0.2) is 13.4 Å². The summed E-state index contributed by atoms with van der Waals surface area (Å²) in [5, 5.41) is 15.0. The number of benzene rings is 3. The fourth-order valence-corrected chi connectivity index (χ4v) is 6.08. The van der Waals surface area contributed by atoms with Crippen molar-refractivity contribution in [3.05, 3.63) is 88.9 Å². The molecular formula is C24H15N3O3S2. The first-order chi connectivity index (χ1) is 15.5. The van der Waals surface area contributed by atoms with Crippen LogP contribution >= 0.6 is 11.3 Å². The lowest BCUT2D eigenvalue weighted by atomic mass is 9.98. The van der Waals surface area contributed by atoms with Crippen LogP contribution < -0.4 is 5.32 Å². The minimum absolute atomic E-state index is 0.127. The van der Waals surface area contributed by atoms with Crippen LogP contribution in [0.15, 0.2) is 82.7 Å². The third-order valence-corrected chi connectivity index (χ3v) is 7.81. The summed E-state index contributed by atoms with van der Waals surface area (Å²) in [6.07, 6.45) is 1.70. The Morgan fingerprint density at radius 2 is 1.75 bits per heavy atom. The van der Waals surface area contributed by atoms with E-state index in [1.165, 1.54) is 5.41 Å². The maximum atomic E-state index is 13.0. The van der Waals surface area contributed by atoms with Crippen LogP contribution in [0.4, 0.5) is 11.4 Å². The molecule has 1 aliphatic rings. The molecule has 8 heteroatoms. The lowest BCUT2D eigenvalue weighted by Gasteiger charge is -2.12. The van der Waals surface area contributed by atoms with Gasteiger partial charge in [-0.2, -0.15) is 0 Å². The van der Waals surface area contributed by atoms with Crippen LogP contribution in [0.3, 0.4) is 0 Å². The normalized spacial score (nSPS) is 14.4. The third kappa shape index (κ3) is 3.04. The predicted octanol–water partition coefficient (Wildman–Crippen LogP) is 5.47. The van der Waals surface area contributed by atoms with Gasteiger partial charge in [0.25, 0.3) is 0 Å². The monoisotopic (exact) mass is 457 g/mol. The standard InChI is InChI=1S/C24H15N3O3S2/c28-16-4-1-14(2-5-16)19-12-32(29,30)24-11-18-20(7-8-25-21(18)10-17(19)24)27-15-3-6-23-22(9-15)26-13-31-23/h1-13,28H,(H,25,27). The second kappa shape index (κ2) is 6.88.